The monoisotopic (exact) mass is 638 g/mol. The maximum absolute atomic E-state index is 6.53. The van der Waals surface area contributed by atoms with Crippen molar-refractivity contribution in [2.75, 3.05) is 0 Å². The van der Waals surface area contributed by atoms with E-state index in [2.05, 4.69) is 146 Å². The minimum Gasteiger partial charge on any atom is -0.457 e. The van der Waals surface area contributed by atoms with Crippen molar-refractivity contribution in [3.8, 4) is 67.7 Å². The van der Waals surface area contributed by atoms with Gasteiger partial charge in [-0.1, -0.05) is 164 Å². The molecule has 3 heteroatoms. The first kappa shape index (κ1) is 28.4. The van der Waals surface area contributed by atoms with Gasteiger partial charge in [-0.15, -0.1) is 0 Å². The molecule has 1 aliphatic heterocycles. The molecule has 2 heterocycles. The fraction of sp³-hybridized carbons (Fsp3) is 0.0213. The van der Waals surface area contributed by atoms with Gasteiger partial charge in [-0.25, -0.2) is 9.97 Å². The molecule has 0 atom stereocenters. The average Bonchev–Trinajstić information content (AvgIpc) is 3.49. The molecule has 1 aromatic heterocycles. The van der Waals surface area contributed by atoms with Gasteiger partial charge in [0.2, 0.25) is 0 Å². The average molecular weight is 639 g/mol. The van der Waals surface area contributed by atoms with Gasteiger partial charge in [0.05, 0.1) is 16.8 Å². The summed E-state index contributed by atoms with van der Waals surface area (Å²) in [5, 5.41) is 0. The summed E-state index contributed by atoms with van der Waals surface area (Å²) in [4.78, 5) is 10.1. The number of hydrogen-bond acceptors (Lipinski definition) is 3. The molecule has 0 N–H and O–H groups in total. The summed E-state index contributed by atoms with van der Waals surface area (Å²) in [6, 6.07) is 64.1. The lowest BCUT2D eigenvalue weighted by Gasteiger charge is -2.39. The van der Waals surface area contributed by atoms with E-state index in [9.17, 15) is 0 Å². The van der Waals surface area contributed by atoms with Crippen LogP contribution in [0.3, 0.4) is 0 Å². The van der Waals surface area contributed by atoms with Gasteiger partial charge in [-0.2, -0.15) is 0 Å². The molecule has 234 valence electrons. The molecule has 2 aliphatic rings. The molecular weight excluding hydrogens is 609 g/mol. The second-order valence-electron chi connectivity index (χ2n) is 12.9. The van der Waals surface area contributed by atoms with Crippen LogP contribution >= 0.6 is 0 Å². The van der Waals surface area contributed by atoms with Gasteiger partial charge >= 0.3 is 0 Å². The molecular formula is C47H30N2O. The van der Waals surface area contributed by atoms with Gasteiger partial charge in [0.1, 0.15) is 11.5 Å². The summed E-state index contributed by atoms with van der Waals surface area (Å²) in [6.45, 7) is 0. The highest BCUT2D eigenvalue weighted by molar-refractivity contribution is 5.96. The second-order valence-corrected chi connectivity index (χ2v) is 12.9. The Hall–Kier alpha value is -6.58. The first-order chi connectivity index (χ1) is 24.8. The van der Waals surface area contributed by atoms with Crippen molar-refractivity contribution in [1.29, 1.82) is 0 Å². The van der Waals surface area contributed by atoms with E-state index in [1.165, 1.54) is 38.9 Å². The van der Waals surface area contributed by atoms with Crippen molar-refractivity contribution < 1.29 is 4.74 Å². The highest BCUT2D eigenvalue weighted by Gasteiger charge is 2.51. The van der Waals surface area contributed by atoms with Gasteiger partial charge in [0.25, 0.3) is 0 Å². The first-order valence-electron chi connectivity index (χ1n) is 17.0. The van der Waals surface area contributed by atoms with Gasteiger partial charge in [0, 0.05) is 27.8 Å². The summed E-state index contributed by atoms with van der Waals surface area (Å²) in [5.74, 6) is 2.50. The summed E-state index contributed by atoms with van der Waals surface area (Å²) in [5.41, 5.74) is 14.2. The Morgan fingerprint density at radius 2 is 0.840 bits per heavy atom. The Balaban J connectivity index is 1.14. The Bertz CT molecular complexity index is 2450. The smallest absolute Gasteiger partial charge is 0.160 e. The third-order valence-electron chi connectivity index (χ3n) is 10.2. The van der Waals surface area contributed by atoms with E-state index >= 15 is 0 Å². The lowest BCUT2D eigenvalue weighted by molar-refractivity contribution is 0.436. The summed E-state index contributed by atoms with van der Waals surface area (Å²) < 4.78 is 6.53. The van der Waals surface area contributed by atoms with Crippen LogP contribution in [-0.2, 0) is 5.41 Å². The Labute approximate surface area is 291 Å². The molecule has 7 aromatic carbocycles. The number of nitrogens with zero attached hydrogens (tertiary/aromatic N) is 2. The Morgan fingerprint density at radius 3 is 1.46 bits per heavy atom. The minimum absolute atomic E-state index is 0.493. The van der Waals surface area contributed by atoms with E-state index in [1.807, 2.05) is 36.4 Å². The zero-order valence-corrected chi connectivity index (χ0v) is 27.1. The lowest BCUT2D eigenvalue weighted by Crippen LogP contribution is -2.32. The van der Waals surface area contributed by atoms with Crippen LogP contribution in [0.25, 0.3) is 56.2 Å². The van der Waals surface area contributed by atoms with E-state index < -0.39 is 5.41 Å². The van der Waals surface area contributed by atoms with Crippen molar-refractivity contribution in [2.24, 2.45) is 0 Å². The summed E-state index contributed by atoms with van der Waals surface area (Å²) >= 11 is 0. The Morgan fingerprint density at radius 1 is 0.360 bits per heavy atom. The molecule has 50 heavy (non-hydrogen) atoms. The zero-order chi connectivity index (χ0) is 33.1. The van der Waals surface area contributed by atoms with Crippen molar-refractivity contribution >= 4 is 0 Å². The molecule has 0 radical (unpaired) electrons. The van der Waals surface area contributed by atoms with Gasteiger partial charge in [0.15, 0.2) is 5.82 Å². The van der Waals surface area contributed by atoms with Crippen molar-refractivity contribution in [1.82, 2.24) is 9.97 Å². The van der Waals surface area contributed by atoms with Crippen molar-refractivity contribution in [3.63, 3.8) is 0 Å². The van der Waals surface area contributed by atoms with Crippen molar-refractivity contribution in [3.05, 3.63) is 204 Å². The number of hydrogen-bond donors (Lipinski definition) is 0. The van der Waals surface area contributed by atoms with E-state index in [1.54, 1.807) is 0 Å². The van der Waals surface area contributed by atoms with E-state index in [0.717, 1.165) is 45.1 Å². The second kappa shape index (κ2) is 11.3. The number of ether oxygens (including phenoxy) is 1. The number of fused-ring (bicyclic) bond motifs is 9. The van der Waals surface area contributed by atoms with Crippen LogP contribution in [0.2, 0.25) is 0 Å². The highest BCUT2D eigenvalue weighted by atomic mass is 16.5. The molecule has 0 bridgehead atoms. The molecule has 0 saturated heterocycles. The maximum atomic E-state index is 6.53. The molecule has 1 aliphatic carbocycles. The summed E-state index contributed by atoms with van der Waals surface area (Å²) in [7, 11) is 0. The third-order valence-corrected chi connectivity index (χ3v) is 10.2. The molecule has 0 saturated carbocycles. The topological polar surface area (TPSA) is 35.0 Å². The van der Waals surface area contributed by atoms with Crippen LogP contribution in [0.4, 0.5) is 0 Å². The first-order valence-corrected chi connectivity index (χ1v) is 17.0. The molecule has 0 fully saturated rings. The fourth-order valence-electron chi connectivity index (χ4n) is 8.03. The number of aromatic nitrogens is 2. The van der Waals surface area contributed by atoms with Gasteiger partial charge in [-0.05, 0) is 51.6 Å². The highest BCUT2D eigenvalue weighted by Crippen LogP contribution is 2.63. The molecule has 1 spiro atoms. The molecule has 10 rings (SSSR count). The van der Waals surface area contributed by atoms with Crippen LogP contribution in [-0.4, -0.2) is 9.97 Å². The normalized spacial score (nSPS) is 13.1. The van der Waals surface area contributed by atoms with E-state index in [-0.39, 0.29) is 0 Å². The SMILES string of the molecule is c1ccc(-c2cc(-c3ccccc3)nc(-c3ccc(-c4cccc5c4-c4ccccc4C54c5ccccc5Oc5ccccc54)cc3)n2)cc1. The standard InChI is InChI=1S/C47H30N2O/c1-3-14-32(15-4-1)41-30-42(33-16-5-2-6-17-33)49-46(48-41)34-28-26-31(27-29-34)35-19-13-23-40-45(35)36-18-7-8-20-37(36)47(40)38-21-9-11-24-43(38)50-44-25-12-10-22-39(44)47/h1-30H. The molecule has 0 unspecified atom stereocenters. The maximum Gasteiger partial charge on any atom is 0.160 e. The van der Waals surface area contributed by atoms with Gasteiger partial charge < -0.3 is 4.74 Å². The molecule has 3 nitrogen and oxygen atoms in total. The third kappa shape index (κ3) is 4.23. The zero-order valence-electron chi connectivity index (χ0n) is 27.1. The largest absolute Gasteiger partial charge is 0.457 e. The van der Waals surface area contributed by atoms with Crippen LogP contribution in [0, 0.1) is 0 Å². The van der Waals surface area contributed by atoms with Gasteiger partial charge in [-0.3, -0.25) is 0 Å². The van der Waals surface area contributed by atoms with Crippen LogP contribution in [0.15, 0.2) is 182 Å². The van der Waals surface area contributed by atoms with Crippen LogP contribution in [0.5, 0.6) is 11.5 Å². The number of para-hydroxylation sites is 2. The van der Waals surface area contributed by atoms with E-state index in [4.69, 9.17) is 14.7 Å². The molecule has 8 aromatic rings. The minimum atomic E-state index is -0.493. The number of benzene rings is 7. The van der Waals surface area contributed by atoms with Crippen LogP contribution < -0.4 is 4.74 Å². The quantitative estimate of drug-likeness (QED) is 0.192. The van der Waals surface area contributed by atoms with Crippen LogP contribution in [0.1, 0.15) is 22.3 Å². The number of rotatable bonds is 4. The van der Waals surface area contributed by atoms with E-state index in [0.29, 0.717) is 5.82 Å². The molecule has 0 amide bonds. The van der Waals surface area contributed by atoms with Crippen molar-refractivity contribution in [2.45, 2.75) is 5.41 Å². The summed E-state index contributed by atoms with van der Waals surface area (Å²) in [6.07, 6.45) is 0. The Kier molecular flexibility index (Phi) is 6.40. The fourth-order valence-corrected chi connectivity index (χ4v) is 8.03. The predicted molar refractivity (Wildman–Crippen MR) is 201 cm³/mol. The predicted octanol–water partition coefficient (Wildman–Crippen LogP) is 11.6. The lowest BCUT2D eigenvalue weighted by atomic mass is 9.66.